The molecule has 96 valence electrons. The second kappa shape index (κ2) is 6.83. The van der Waals surface area contributed by atoms with Crippen LogP contribution in [0.25, 0.3) is 0 Å². The van der Waals surface area contributed by atoms with Crippen LogP contribution in [-0.4, -0.2) is 38.5 Å². The highest BCUT2D eigenvalue weighted by atomic mass is 32.2. The molecule has 2 N–H and O–H groups in total. The molecule has 1 rings (SSSR count). The first-order valence-corrected chi connectivity index (χ1v) is 8.16. The lowest BCUT2D eigenvalue weighted by Gasteiger charge is -2.11. The van der Waals surface area contributed by atoms with Crippen LogP contribution in [0.3, 0.4) is 0 Å². The summed E-state index contributed by atoms with van der Waals surface area (Å²) in [6.07, 6.45) is 4.86. The summed E-state index contributed by atoms with van der Waals surface area (Å²) in [5, 5.41) is 3.01. The van der Waals surface area contributed by atoms with E-state index in [1.807, 2.05) is 13.2 Å². The van der Waals surface area contributed by atoms with Crippen molar-refractivity contribution in [3.8, 4) is 0 Å². The molecule has 0 aromatic carbocycles. The number of thioether (sulfide) groups is 1. The molecule has 0 saturated carbocycles. The Balaban J connectivity index is 2.89. The van der Waals surface area contributed by atoms with Crippen LogP contribution in [0.1, 0.15) is 6.92 Å². The van der Waals surface area contributed by atoms with Crippen LogP contribution < -0.4 is 10.0 Å². The minimum absolute atomic E-state index is 0.197. The predicted octanol–water partition coefficient (Wildman–Crippen LogP) is 1.15. The number of nitrogens with zero attached hydrogens (tertiary/aromatic N) is 1. The van der Waals surface area contributed by atoms with Crippen molar-refractivity contribution in [3.05, 3.63) is 18.5 Å². The number of hydrogen-bond donors (Lipinski definition) is 2. The molecule has 5 nitrogen and oxygen atoms in total. The maximum Gasteiger partial charge on any atom is 0.244 e. The second-order valence-corrected chi connectivity index (χ2v) is 6.01. The third-order valence-corrected chi connectivity index (χ3v) is 4.14. The Labute approximate surface area is 106 Å². The van der Waals surface area contributed by atoms with Gasteiger partial charge in [0.2, 0.25) is 10.0 Å². The molecule has 1 aromatic heterocycles. The zero-order valence-corrected chi connectivity index (χ0v) is 11.6. The lowest BCUT2D eigenvalue weighted by molar-refractivity contribution is 0.584. The van der Waals surface area contributed by atoms with Gasteiger partial charge in [-0.15, -0.1) is 0 Å². The Bertz CT molecular complexity index is 449. The average Bonchev–Trinajstić information content (AvgIpc) is 2.30. The molecule has 0 radical (unpaired) electrons. The van der Waals surface area contributed by atoms with Crippen LogP contribution in [0.2, 0.25) is 0 Å². The molecule has 0 unspecified atom stereocenters. The van der Waals surface area contributed by atoms with Crippen molar-refractivity contribution in [1.29, 1.82) is 0 Å². The summed E-state index contributed by atoms with van der Waals surface area (Å²) in [5.41, 5.74) is 0.583. The van der Waals surface area contributed by atoms with Crippen molar-refractivity contribution < 1.29 is 8.42 Å². The summed E-state index contributed by atoms with van der Waals surface area (Å²) in [4.78, 5) is 4.05. The van der Waals surface area contributed by atoms with Crippen LogP contribution in [0.15, 0.2) is 23.4 Å². The second-order valence-electron chi connectivity index (χ2n) is 3.29. The summed E-state index contributed by atoms with van der Waals surface area (Å²) in [7, 11) is -3.47. The molecule has 0 saturated heterocycles. The minimum Gasteiger partial charge on any atom is -0.384 e. The molecule has 0 spiro atoms. The highest BCUT2D eigenvalue weighted by Gasteiger charge is 2.17. The molecule has 0 aliphatic rings. The van der Waals surface area contributed by atoms with Crippen molar-refractivity contribution in [3.63, 3.8) is 0 Å². The molecule has 0 atom stereocenters. The highest BCUT2D eigenvalue weighted by Crippen LogP contribution is 2.18. The summed E-state index contributed by atoms with van der Waals surface area (Å²) >= 11 is 1.59. The number of aromatic nitrogens is 1. The molecule has 0 fully saturated rings. The van der Waals surface area contributed by atoms with Gasteiger partial charge in [-0.25, -0.2) is 13.1 Å². The Morgan fingerprint density at radius 3 is 2.88 bits per heavy atom. The van der Waals surface area contributed by atoms with Gasteiger partial charge < -0.3 is 5.32 Å². The van der Waals surface area contributed by atoms with E-state index in [0.29, 0.717) is 18.8 Å². The fourth-order valence-electron chi connectivity index (χ4n) is 1.29. The zero-order chi connectivity index (χ0) is 12.7. The number of rotatable bonds is 7. The quantitative estimate of drug-likeness (QED) is 0.731. The van der Waals surface area contributed by atoms with Gasteiger partial charge in [-0.2, -0.15) is 11.8 Å². The number of pyridine rings is 1. The molecule has 17 heavy (non-hydrogen) atoms. The van der Waals surface area contributed by atoms with Crippen LogP contribution in [0.5, 0.6) is 0 Å². The normalized spacial score (nSPS) is 11.4. The topological polar surface area (TPSA) is 71.1 Å². The molecule has 0 aliphatic heterocycles. The Morgan fingerprint density at radius 2 is 2.24 bits per heavy atom. The van der Waals surface area contributed by atoms with Crippen molar-refractivity contribution in [2.24, 2.45) is 0 Å². The zero-order valence-electron chi connectivity index (χ0n) is 9.93. The van der Waals surface area contributed by atoms with Gasteiger partial charge >= 0.3 is 0 Å². The summed E-state index contributed by atoms with van der Waals surface area (Å²) in [6.45, 7) is 3.00. The lowest BCUT2D eigenvalue weighted by Crippen LogP contribution is -2.27. The third kappa shape index (κ3) is 4.18. The van der Waals surface area contributed by atoms with Gasteiger partial charge in [-0.1, -0.05) is 0 Å². The van der Waals surface area contributed by atoms with E-state index in [4.69, 9.17) is 0 Å². The van der Waals surface area contributed by atoms with Gasteiger partial charge in [0, 0.05) is 31.2 Å². The van der Waals surface area contributed by atoms with Crippen LogP contribution in [-0.2, 0) is 10.0 Å². The fourth-order valence-corrected chi connectivity index (χ4v) is 2.88. The third-order valence-electron chi connectivity index (χ3n) is 2.04. The van der Waals surface area contributed by atoms with E-state index in [1.165, 1.54) is 6.20 Å². The van der Waals surface area contributed by atoms with Gasteiger partial charge in [0.25, 0.3) is 0 Å². The molecule has 0 aliphatic carbocycles. The standard InChI is InChI=1S/C10H17N3O2S2/c1-3-12-9-4-5-11-8-10(9)17(14,15)13-6-7-16-2/h4-5,8,13H,3,6-7H2,1-2H3,(H,11,12). The van der Waals surface area contributed by atoms with Crippen LogP contribution in [0, 0.1) is 0 Å². The van der Waals surface area contributed by atoms with E-state index >= 15 is 0 Å². The van der Waals surface area contributed by atoms with Gasteiger partial charge in [0.1, 0.15) is 4.90 Å². The lowest BCUT2D eigenvalue weighted by atomic mass is 10.4. The summed E-state index contributed by atoms with van der Waals surface area (Å²) in [5.74, 6) is 0.746. The fraction of sp³-hybridized carbons (Fsp3) is 0.500. The van der Waals surface area contributed by atoms with E-state index in [2.05, 4.69) is 15.0 Å². The largest absolute Gasteiger partial charge is 0.384 e. The maximum absolute atomic E-state index is 12.0. The summed E-state index contributed by atoms with van der Waals surface area (Å²) in [6, 6.07) is 1.66. The highest BCUT2D eigenvalue weighted by molar-refractivity contribution is 7.98. The number of nitrogens with one attached hydrogen (secondary N) is 2. The number of anilines is 1. The monoisotopic (exact) mass is 275 g/mol. The van der Waals surface area contributed by atoms with Crippen molar-refractivity contribution >= 4 is 27.5 Å². The smallest absolute Gasteiger partial charge is 0.244 e. The van der Waals surface area contributed by atoms with E-state index in [-0.39, 0.29) is 4.90 Å². The Kier molecular flexibility index (Phi) is 5.73. The maximum atomic E-state index is 12.0. The van der Waals surface area contributed by atoms with Gasteiger partial charge in [-0.05, 0) is 19.2 Å². The Hall–Kier alpha value is -0.790. The minimum atomic E-state index is -3.47. The Morgan fingerprint density at radius 1 is 1.47 bits per heavy atom. The first kappa shape index (κ1) is 14.3. The van der Waals surface area contributed by atoms with Crippen LogP contribution in [0.4, 0.5) is 5.69 Å². The van der Waals surface area contributed by atoms with Crippen molar-refractivity contribution in [2.45, 2.75) is 11.8 Å². The van der Waals surface area contributed by atoms with Gasteiger partial charge in [0.15, 0.2) is 0 Å². The molecular formula is C10H17N3O2S2. The van der Waals surface area contributed by atoms with E-state index in [1.54, 1.807) is 24.0 Å². The van der Waals surface area contributed by atoms with Crippen LogP contribution >= 0.6 is 11.8 Å². The summed E-state index contributed by atoms with van der Waals surface area (Å²) < 4.78 is 26.6. The molecule has 1 aromatic rings. The van der Waals surface area contributed by atoms with Gasteiger partial charge in [0.05, 0.1) is 5.69 Å². The van der Waals surface area contributed by atoms with Crippen molar-refractivity contribution in [1.82, 2.24) is 9.71 Å². The van der Waals surface area contributed by atoms with E-state index < -0.39 is 10.0 Å². The molecular weight excluding hydrogens is 258 g/mol. The average molecular weight is 275 g/mol. The molecule has 0 amide bonds. The van der Waals surface area contributed by atoms with E-state index in [0.717, 1.165) is 5.75 Å². The predicted molar refractivity (Wildman–Crippen MR) is 72.0 cm³/mol. The first-order chi connectivity index (χ1) is 8.11. The first-order valence-electron chi connectivity index (χ1n) is 5.28. The number of sulfonamides is 1. The molecule has 0 bridgehead atoms. The van der Waals surface area contributed by atoms with E-state index in [9.17, 15) is 8.42 Å². The molecule has 1 heterocycles. The molecule has 7 heteroatoms. The number of hydrogen-bond acceptors (Lipinski definition) is 5. The van der Waals surface area contributed by atoms with Crippen molar-refractivity contribution in [2.75, 3.05) is 30.4 Å². The van der Waals surface area contributed by atoms with Gasteiger partial charge in [-0.3, -0.25) is 4.98 Å². The SMILES string of the molecule is CCNc1ccncc1S(=O)(=O)NCCSC.